The van der Waals surface area contributed by atoms with Gasteiger partial charge in [-0.05, 0) is 37.3 Å². The van der Waals surface area contributed by atoms with E-state index in [4.69, 9.17) is 11.6 Å². The molecule has 0 fully saturated rings. The van der Waals surface area contributed by atoms with Gasteiger partial charge in [-0.25, -0.2) is 13.4 Å². The molecule has 11 heteroatoms. The lowest BCUT2D eigenvalue weighted by atomic mass is 10.2. The number of hydrogen-bond donors (Lipinski definition) is 4. The summed E-state index contributed by atoms with van der Waals surface area (Å²) in [6.07, 6.45) is 2.78. The minimum absolute atomic E-state index is 0.373. The van der Waals surface area contributed by atoms with E-state index in [9.17, 15) is 8.42 Å². The summed E-state index contributed by atoms with van der Waals surface area (Å²) in [5.74, 6) is 0.914. The van der Waals surface area contributed by atoms with E-state index in [0.29, 0.717) is 28.3 Å². The lowest BCUT2D eigenvalue weighted by Gasteiger charge is -2.14. The van der Waals surface area contributed by atoms with Crippen molar-refractivity contribution in [2.45, 2.75) is 6.92 Å². The second kappa shape index (κ2) is 7.81. The van der Waals surface area contributed by atoms with Crippen LogP contribution in [0.2, 0.25) is 5.15 Å². The number of sulfonamides is 1. The molecular formula is C19H18ClN7O2S. The van der Waals surface area contributed by atoms with Crippen LogP contribution in [-0.4, -0.2) is 34.8 Å². The van der Waals surface area contributed by atoms with E-state index in [2.05, 4.69) is 35.5 Å². The van der Waals surface area contributed by atoms with Crippen molar-refractivity contribution in [2.75, 3.05) is 21.6 Å². The Morgan fingerprint density at radius 3 is 2.60 bits per heavy atom. The molecule has 0 bridgehead atoms. The molecule has 0 unspecified atom stereocenters. The number of aromatic amines is 1. The number of aromatic nitrogens is 4. The van der Waals surface area contributed by atoms with Crippen molar-refractivity contribution >= 4 is 61.4 Å². The van der Waals surface area contributed by atoms with Gasteiger partial charge in [0.1, 0.15) is 11.0 Å². The van der Waals surface area contributed by atoms with Crippen molar-refractivity contribution in [3.8, 4) is 0 Å². The van der Waals surface area contributed by atoms with E-state index in [-0.39, 0.29) is 0 Å². The molecule has 0 saturated heterocycles. The smallest absolute Gasteiger partial charge is 0.229 e. The highest BCUT2D eigenvalue weighted by Gasteiger charge is 2.11. The Morgan fingerprint density at radius 2 is 1.83 bits per heavy atom. The number of rotatable bonds is 6. The topological polar surface area (TPSA) is 125 Å². The maximum Gasteiger partial charge on any atom is 0.229 e. The van der Waals surface area contributed by atoms with Crippen LogP contribution in [-0.2, 0) is 10.0 Å². The van der Waals surface area contributed by atoms with Gasteiger partial charge >= 0.3 is 0 Å². The van der Waals surface area contributed by atoms with Gasteiger partial charge in [-0.2, -0.15) is 10.1 Å². The fraction of sp³-hybridized carbons (Fsp3) is 0.105. The molecule has 0 saturated carbocycles. The summed E-state index contributed by atoms with van der Waals surface area (Å²) in [4.78, 5) is 8.84. The number of hydrogen-bond acceptors (Lipinski definition) is 7. The molecule has 0 aliphatic rings. The van der Waals surface area contributed by atoms with Crippen molar-refractivity contribution in [1.29, 1.82) is 0 Å². The van der Waals surface area contributed by atoms with E-state index in [1.54, 1.807) is 30.5 Å². The van der Waals surface area contributed by atoms with E-state index < -0.39 is 10.0 Å². The third-order valence-corrected chi connectivity index (χ3v) is 5.09. The first-order valence-corrected chi connectivity index (χ1v) is 11.1. The fourth-order valence-electron chi connectivity index (χ4n) is 2.82. The number of anilines is 5. The Labute approximate surface area is 178 Å². The molecule has 30 heavy (non-hydrogen) atoms. The highest BCUT2D eigenvalue weighted by Crippen LogP contribution is 2.28. The number of aryl methyl sites for hydroxylation is 1. The first-order valence-electron chi connectivity index (χ1n) is 8.86. The van der Waals surface area contributed by atoms with Crippen molar-refractivity contribution in [2.24, 2.45) is 0 Å². The quantitative estimate of drug-likeness (QED) is 0.352. The SMILES string of the molecule is Cc1cnc(Nc2ccc3c(Cl)[nH]nc3c2)nc1Nc1ccccc1NS(C)(=O)=O. The van der Waals surface area contributed by atoms with Gasteiger partial charge < -0.3 is 10.6 Å². The average Bonchev–Trinajstić information content (AvgIpc) is 3.05. The van der Waals surface area contributed by atoms with Crippen molar-refractivity contribution in [3.63, 3.8) is 0 Å². The molecule has 2 heterocycles. The third-order valence-electron chi connectivity index (χ3n) is 4.21. The molecule has 0 spiro atoms. The van der Waals surface area contributed by atoms with Crippen LogP contribution in [0.3, 0.4) is 0 Å². The van der Waals surface area contributed by atoms with E-state index in [1.165, 1.54) is 0 Å². The van der Waals surface area contributed by atoms with E-state index in [0.717, 1.165) is 28.4 Å². The van der Waals surface area contributed by atoms with Gasteiger partial charge in [0.25, 0.3) is 0 Å². The Morgan fingerprint density at radius 1 is 1.07 bits per heavy atom. The average molecular weight is 444 g/mol. The Balaban J connectivity index is 1.61. The van der Waals surface area contributed by atoms with Gasteiger partial charge in [0.15, 0.2) is 0 Å². The Hall–Kier alpha value is -3.37. The molecule has 4 rings (SSSR count). The number of benzene rings is 2. The van der Waals surface area contributed by atoms with Gasteiger partial charge in [-0.15, -0.1) is 0 Å². The summed E-state index contributed by atoms with van der Waals surface area (Å²) < 4.78 is 25.8. The molecule has 0 amide bonds. The molecule has 2 aromatic heterocycles. The number of H-pyrrole nitrogens is 1. The summed E-state index contributed by atoms with van der Waals surface area (Å²) in [5.41, 5.74) is 3.26. The molecule has 0 aliphatic heterocycles. The fourth-order valence-corrected chi connectivity index (χ4v) is 3.60. The van der Waals surface area contributed by atoms with E-state index >= 15 is 0 Å². The second-order valence-corrected chi connectivity index (χ2v) is 8.79. The molecule has 2 aromatic carbocycles. The first kappa shape index (κ1) is 19.9. The molecule has 4 aromatic rings. The largest absolute Gasteiger partial charge is 0.338 e. The number of fused-ring (bicyclic) bond motifs is 1. The van der Waals surface area contributed by atoms with Crippen molar-refractivity contribution in [3.05, 3.63) is 59.4 Å². The van der Waals surface area contributed by atoms with Crippen LogP contribution in [0.1, 0.15) is 5.56 Å². The monoisotopic (exact) mass is 443 g/mol. The summed E-state index contributed by atoms with van der Waals surface area (Å²) in [7, 11) is -3.42. The Bertz CT molecular complexity index is 1340. The van der Waals surface area contributed by atoms with Gasteiger partial charge in [-0.1, -0.05) is 23.7 Å². The molecule has 0 aliphatic carbocycles. The summed E-state index contributed by atoms with van der Waals surface area (Å²) >= 11 is 6.04. The van der Waals surface area contributed by atoms with Gasteiger partial charge in [0, 0.05) is 22.8 Å². The number of nitrogens with zero attached hydrogens (tertiary/aromatic N) is 3. The maximum absolute atomic E-state index is 11.6. The van der Waals surface area contributed by atoms with Gasteiger partial charge in [0.05, 0.1) is 23.1 Å². The minimum atomic E-state index is -3.42. The summed E-state index contributed by atoms with van der Waals surface area (Å²) in [6.45, 7) is 1.86. The summed E-state index contributed by atoms with van der Waals surface area (Å²) in [5, 5.41) is 14.5. The number of halogens is 1. The van der Waals surface area contributed by atoms with Gasteiger partial charge in [-0.3, -0.25) is 9.82 Å². The predicted molar refractivity (Wildman–Crippen MR) is 119 cm³/mol. The zero-order chi connectivity index (χ0) is 21.3. The van der Waals surface area contributed by atoms with E-state index in [1.807, 2.05) is 25.1 Å². The van der Waals surface area contributed by atoms with Crippen molar-refractivity contribution in [1.82, 2.24) is 20.2 Å². The predicted octanol–water partition coefficient (Wildman–Crippen LogP) is 4.17. The molecule has 9 nitrogen and oxygen atoms in total. The lowest BCUT2D eigenvalue weighted by molar-refractivity contribution is 0.607. The third kappa shape index (κ3) is 4.44. The zero-order valence-corrected chi connectivity index (χ0v) is 17.6. The van der Waals surface area contributed by atoms with Crippen LogP contribution in [0, 0.1) is 6.92 Å². The standard InChI is InChI=1S/C19H18ClN7O2S/c1-11-10-21-19(22-12-7-8-13-16(9-12)25-26-17(13)20)24-18(11)23-14-5-3-4-6-15(14)27-30(2,28)29/h3-10,27H,1-2H3,(H,25,26)(H2,21,22,23,24). The number of nitrogens with one attached hydrogen (secondary N) is 4. The molecule has 0 radical (unpaired) electrons. The minimum Gasteiger partial charge on any atom is -0.338 e. The lowest BCUT2D eigenvalue weighted by Crippen LogP contribution is -2.11. The highest BCUT2D eigenvalue weighted by atomic mass is 35.5. The normalized spacial score (nSPS) is 11.4. The summed E-state index contributed by atoms with van der Waals surface area (Å²) in [6, 6.07) is 12.5. The molecule has 0 atom stereocenters. The van der Waals surface area contributed by atoms with Crippen LogP contribution < -0.4 is 15.4 Å². The molecule has 154 valence electrons. The van der Waals surface area contributed by atoms with Crippen LogP contribution in [0.4, 0.5) is 28.8 Å². The second-order valence-electron chi connectivity index (χ2n) is 6.66. The Kier molecular flexibility index (Phi) is 5.18. The molecule has 4 N–H and O–H groups in total. The maximum atomic E-state index is 11.6. The van der Waals surface area contributed by atoms with Gasteiger partial charge in [0.2, 0.25) is 16.0 Å². The van der Waals surface area contributed by atoms with Crippen molar-refractivity contribution < 1.29 is 8.42 Å². The first-order chi connectivity index (χ1) is 14.3. The van der Waals surface area contributed by atoms with Crippen LogP contribution in [0.5, 0.6) is 0 Å². The number of para-hydroxylation sites is 2. The highest BCUT2D eigenvalue weighted by molar-refractivity contribution is 7.92. The zero-order valence-electron chi connectivity index (χ0n) is 16.1. The van der Waals surface area contributed by atoms with Crippen LogP contribution >= 0.6 is 11.6 Å². The molecular weight excluding hydrogens is 426 g/mol. The van der Waals surface area contributed by atoms with Crippen LogP contribution in [0.15, 0.2) is 48.7 Å². The van der Waals surface area contributed by atoms with Crippen LogP contribution in [0.25, 0.3) is 10.9 Å².